The molecule has 0 spiro atoms. The molecule has 2 aromatic rings. The van der Waals surface area contributed by atoms with E-state index in [9.17, 15) is 22.0 Å². The standard InChI is InChI=1S/C18H16F5NO/c1-25-15-7-5-12(6-8-15)11-24-16(10-17(20,21)18(24,22)23)13-3-2-4-14(19)9-13/h2-9,16H,10-11H2,1H3. The second-order valence-corrected chi connectivity index (χ2v) is 6.00. The van der Waals surface area contributed by atoms with Crippen LogP contribution in [0.5, 0.6) is 5.75 Å². The van der Waals surface area contributed by atoms with E-state index >= 15 is 0 Å². The third-order valence-electron chi connectivity index (χ3n) is 4.37. The Kier molecular flexibility index (Phi) is 4.45. The van der Waals surface area contributed by atoms with Gasteiger partial charge >= 0.3 is 12.0 Å². The molecule has 1 saturated heterocycles. The summed E-state index contributed by atoms with van der Waals surface area (Å²) in [5.74, 6) is -4.32. The van der Waals surface area contributed by atoms with Crippen LogP contribution in [0.3, 0.4) is 0 Å². The van der Waals surface area contributed by atoms with Gasteiger partial charge in [-0.15, -0.1) is 0 Å². The van der Waals surface area contributed by atoms with E-state index in [1.54, 1.807) is 12.1 Å². The van der Waals surface area contributed by atoms with E-state index in [0.29, 0.717) is 16.2 Å². The van der Waals surface area contributed by atoms with Crippen LogP contribution in [0, 0.1) is 5.82 Å². The molecule has 1 fully saturated rings. The van der Waals surface area contributed by atoms with Crippen molar-refractivity contribution in [3.8, 4) is 5.75 Å². The topological polar surface area (TPSA) is 12.5 Å². The van der Waals surface area contributed by atoms with Gasteiger partial charge in [-0.3, -0.25) is 0 Å². The Bertz CT molecular complexity index is 747. The molecule has 134 valence electrons. The molecule has 0 radical (unpaired) electrons. The predicted molar refractivity (Wildman–Crippen MR) is 82.2 cm³/mol. The number of benzene rings is 2. The molecule has 0 N–H and O–H groups in total. The SMILES string of the molecule is COc1ccc(CN2C(c3cccc(F)c3)CC(F)(F)C2(F)F)cc1. The third kappa shape index (κ3) is 3.20. The molecule has 1 unspecified atom stereocenters. The zero-order chi connectivity index (χ0) is 18.2. The Labute approximate surface area is 141 Å². The van der Waals surface area contributed by atoms with Gasteiger partial charge in [0, 0.05) is 19.0 Å². The zero-order valence-corrected chi connectivity index (χ0v) is 13.4. The van der Waals surface area contributed by atoms with E-state index in [4.69, 9.17) is 4.74 Å². The van der Waals surface area contributed by atoms with Crippen LogP contribution >= 0.6 is 0 Å². The number of likely N-dealkylation sites (tertiary alicyclic amines) is 1. The summed E-state index contributed by atoms with van der Waals surface area (Å²) < 4.78 is 74.9. The summed E-state index contributed by atoms with van der Waals surface area (Å²) in [4.78, 5) is 0.434. The molecule has 3 rings (SSSR count). The summed E-state index contributed by atoms with van der Waals surface area (Å²) in [6.45, 7) is -0.395. The highest BCUT2D eigenvalue weighted by Gasteiger charge is 2.68. The number of rotatable bonds is 4. The smallest absolute Gasteiger partial charge is 0.368 e. The van der Waals surface area contributed by atoms with Gasteiger partial charge in [0.2, 0.25) is 0 Å². The molecule has 1 aliphatic heterocycles. The summed E-state index contributed by atoms with van der Waals surface area (Å²) in [5, 5.41) is 0. The van der Waals surface area contributed by atoms with Gasteiger partial charge < -0.3 is 4.74 Å². The van der Waals surface area contributed by atoms with Crippen LogP contribution in [0.2, 0.25) is 0 Å². The Morgan fingerprint density at radius 3 is 2.36 bits per heavy atom. The second kappa shape index (κ2) is 6.29. The average Bonchev–Trinajstić information content (AvgIpc) is 2.75. The molecule has 1 heterocycles. The molecule has 25 heavy (non-hydrogen) atoms. The van der Waals surface area contributed by atoms with Crippen LogP contribution in [0.4, 0.5) is 22.0 Å². The number of alkyl halides is 4. The first-order chi connectivity index (χ1) is 11.7. The number of hydrogen-bond donors (Lipinski definition) is 0. The lowest BCUT2D eigenvalue weighted by Gasteiger charge is -2.30. The summed E-state index contributed by atoms with van der Waals surface area (Å²) in [5.41, 5.74) is 0.532. The number of hydrogen-bond acceptors (Lipinski definition) is 2. The molecule has 7 heteroatoms. The van der Waals surface area contributed by atoms with Crippen molar-refractivity contribution in [3.05, 3.63) is 65.5 Å². The minimum Gasteiger partial charge on any atom is -0.497 e. The van der Waals surface area contributed by atoms with Gasteiger partial charge in [-0.2, -0.15) is 17.6 Å². The Morgan fingerprint density at radius 1 is 1.08 bits per heavy atom. The summed E-state index contributed by atoms with van der Waals surface area (Å²) in [6.07, 6.45) is -1.07. The average molecular weight is 357 g/mol. The van der Waals surface area contributed by atoms with E-state index in [0.717, 1.165) is 12.1 Å². The fraction of sp³-hybridized carbons (Fsp3) is 0.333. The normalized spacial score (nSPS) is 22.1. The van der Waals surface area contributed by atoms with Crippen molar-refractivity contribution in [2.75, 3.05) is 7.11 Å². The maximum absolute atomic E-state index is 14.3. The van der Waals surface area contributed by atoms with E-state index < -0.39 is 36.8 Å². The van der Waals surface area contributed by atoms with Gasteiger partial charge in [-0.1, -0.05) is 24.3 Å². The van der Waals surface area contributed by atoms with Gasteiger partial charge in [0.1, 0.15) is 11.6 Å². The highest BCUT2D eigenvalue weighted by Crippen LogP contribution is 2.54. The number of ether oxygens (including phenoxy) is 1. The first-order valence-corrected chi connectivity index (χ1v) is 7.65. The molecule has 1 aliphatic rings. The molecule has 0 aliphatic carbocycles. The van der Waals surface area contributed by atoms with Gasteiger partial charge in [0.15, 0.2) is 0 Å². The molecule has 0 bridgehead atoms. The lowest BCUT2D eigenvalue weighted by molar-refractivity contribution is -0.252. The van der Waals surface area contributed by atoms with E-state index in [2.05, 4.69) is 0 Å². The quantitative estimate of drug-likeness (QED) is 0.563. The van der Waals surface area contributed by atoms with Crippen molar-refractivity contribution in [1.29, 1.82) is 0 Å². The van der Waals surface area contributed by atoms with Crippen LogP contribution in [0.1, 0.15) is 23.6 Å². The number of nitrogens with zero attached hydrogens (tertiary/aromatic N) is 1. The minimum atomic E-state index is -4.33. The predicted octanol–water partition coefficient (Wildman–Crippen LogP) is 5.01. The Balaban J connectivity index is 1.95. The highest BCUT2D eigenvalue weighted by molar-refractivity contribution is 5.29. The van der Waals surface area contributed by atoms with Crippen LogP contribution in [0.25, 0.3) is 0 Å². The van der Waals surface area contributed by atoms with E-state index in [-0.39, 0.29) is 5.56 Å². The van der Waals surface area contributed by atoms with Crippen LogP contribution in [-0.2, 0) is 6.54 Å². The molecular weight excluding hydrogens is 341 g/mol. The molecule has 1 atom stereocenters. The maximum atomic E-state index is 14.3. The highest BCUT2D eigenvalue weighted by atomic mass is 19.3. The monoisotopic (exact) mass is 357 g/mol. The zero-order valence-electron chi connectivity index (χ0n) is 13.4. The van der Waals surface area contributed by atoms with Crippen molar-refractivity contribution in [3.63, 3.8) is 0 Å². The van der Waals surface area contributed by atoms with E-state index in [1.165, 1.54) is 31.4 Å². The minimum absolute atomic E-state index is 0.102. The van der Waals surface area contributed by atoms with Crippen molar-refractivity contribution in [1.82, 2.24) is 4.90 Å². The molecule has 0 amide bonds. The van der Waals surface area contributed by atoms with Crippen LogP contribution in [0.15, 0.2) is 48.5 Å². The number of halogens is 5. The van der Waals surface area contributed by atoms with Gasteiger partial charge in [-0.25, -0.2) is 9.29 Å². The third-order valence-corrected chi connectivity index (χ3v) is 4.37. The molecule has 2 aromatic carbocycles. The fourth-order valence-corrected chi connectivity index (χ4v) is 3.03. The first kappa shape index (κ1) is 17.7. The maximum Gasteiger partial charge on any atom is 0.368 e. The van der Waals surface area contributed by atoms with Crippen molar-refractivity contribution in [2.45, 2.75) is 31.0 Å². The fourth-order valence-electron chi connectivity index (χ4n) is 3.03. The van der Waals surface area contributed by atoms with E-state index in [1.807, 2.05) is 0 Å². The lowest BCUT2D eigenvalue weighted by atomic mass is 10.0. The summed E-state index contributed by atoms with van der Waals surface area (Å²) >= 11 is 0. The Hall–Kier alpha value is -2.15. The molecular formula is C18H16F5NO. The molecule has 2 nitrogen and oxygen atoms in total. The summed E-state index contributed by atoms with van der Waals surface area (Å²) in [7, 11) is 1.46. The van der Waals surface area contributed by atoms with Crippen LogP contribution < -0.4 is 4.74 Å². The van der Waals surface area contributed by atoms with Crippen molar-refractivity contribution < 1.29 is 26.7 Å². The molecule has 0 saturated carbocycles. The van der Waals surface area contributed by atoms with Gasteiger partial charge in [-0.05, 0) is 35.4 Å². The largest absolute Gasteiger partial charge is 0.497 e. The first-order valence-electron chi connectivity index (χ1n) is 7.65. The van der Waals surface area contributed by atoms with Crippen molar-refractivity contribution in [2.24, 2.45) is 0 Å². The lowest BCUT2D eigenvalue weighted by Crippen LogP contribution is -2.46. The van der Waals surface area contributed by atoms with Crippen LogP contribution in [-0.4, -0.2) is 24.0 Å². The summed E-state index contributed by atoms with van der Waals surface area (Å²) in [6, 6.07) is 5.45. The number of methoxy groups -OCH3 is 1. The van der Waals surface area contributed by atoms with Crippen molar-refractivity contribution >= 4 is 0 Å². The second-order valence-electron chi connectivity index (χ2n) is 6.00. The van der Waals surface area contributed by atoms with Gasteiger partial charge in [0.25, 0.3) is 0 Å². The van der Waals surface area contributed by atoms with Gasteiger partial charge in [0.05, 0.1) is 7.11 Å². The Morgan fingerprint density at radius 2 is 1.76 bits per heavy atom. The molecule has 0 aromatic heterocycles.